The highest BCUT2D eigenvalue weighted by Gasteiger charge is 2.08. The fourth-order valence-corrected chi connectivity index (χ4v) is 1.69. The molecule has 3 heteroatoms. The van der Waals surface area contributed by atoms with Gasteiger partial charge in [0.2, 0.25) is 5.69 Å². The highest BCUT2D eigenvalue weighted by atomic mass is 14.9. The zero-order valence-electron chi connectivity index (χ0n) is 11.0. The minimum Gasteiger partial charge on any atom is -0.225 e. The summed E-state index contributed by atoms with van der Waals surface area (Å²) in [6.07, 6.45) is 0. The summed E-state index contributed by atoms with van der Waals surface area (Å²) in [6, 6.07) is 20.6. The average molecular weight is 248 g/mol. The number of hydrogen-bond acceptors (Lipinski definition) is 2. The van der Waals surface area contributed by atoms with Crippen LogP contribution in [0.25, 0.3) is 11.1 Å². The highest BCUT2D eigenvalue weighted by molar-refractivity contribution is 5.70. The van der Waals surface area contributed by atoms with Crippen LogP contribution in [0.5, 0.6) is 0 Å². The van der Waals surface area contributed by atoms with Crippen LogP contribution < -0.4 is 0 Å². The molecule has 2 aromatic carbocycles. The lowest BCUT2D eigenvalue weighted by Gasteiger charge is -2.01. The Kier molecular flexibility index (Phi) is 3.87. The van der Waals surface area contributed by atoms with Crippen molar-refractivity contribution in [2.45, 2.75) is 0 Å². The van der Waals surface area contributed by atoms with Gasteiger partial charge in [-0.2, -0.15) is 5.26 Å². The van der Waals surface area contributed by atoms with E-state index in [-0.39, 0.29) is 0 Å². The Morgan fingerprint density at radius 1 is 1.00 bits per heavy atom. The molecule has 19 heavy (non-hydrogen) atoms. The van der Waals surface area contributed by atoms with Crippen molar-refractivity contribution in [2.75, 3.05) is 14.1 Å². The van der Waals surface area contributed by atoms with E-state index in [1.165, 1.54) is 0 Å². The van der Waals surface area contributed by atoms with E-state index in [1.54, 1.807) is 4.58 Å². The maximum atomic E-state index is 9.20. The number of aliphatic imine (C=N–C) groups is 1. The summed E-state index contributed by atoms with van der Waals surface area (Å²) < 4.78 is 1.71. The van der Waals surface area contributed by atoms with E-state index in [0.717, 1.165) is 11.1 Å². The normalized spacial score (nSPS) is 9.32. The molecule has 0 saturated heterocycles. The van der Waals surface area contributed by atoms with Gasteiger partial charge in [-0.25, -0.2) is 4.58 Å². The lowest BCUT2D eigenvalue weighted by Crippen LogP contribution is -1.91. The summed E-state index contributed by atoms with van der Waals surface area (Å²) in [6.45, 7) is 0. The molecule has 0 aliphatic carbocycles. The van der Waals surface area contributed by atoms with E-state index in [1.807, 2.05) is 62.6 Å². The fraction of sp³-hybridized carbons (Fsp3) is 0.125. The Morgan fingerprint density at radius 2 is 1.74 bits per heavy atom. The molecule has 0 spiro atoms. The van der Waals surface area contributed by atoms with Gasteiger partial charge < -0.3 is 0 Å². The zero-order chi connectivity index (χ0) is 13.7. The monoisotopic (exact) mass is 248 g/mol. The summed E-state index contributed by atoms with van der Waals surface area (Å²) in [5.41, 5.74) is 3.29. The second kappa shape index (κ2) is 5.77. The van der Waals surface area contributed by atoms with Crippen LogP contribution in [0.2, 0.25) is 0 Å². The Labute approximate surface area is 112 Å². The Bertz CT molecular complexity index is 684. The minimum atomic E-state index is 0.552. The lowest BCUT2D eigenvalue weighted by atomic mass is 10.0. The second-order valence-electron chi connectivity index (χ2n) is 4.32. The van der Waals surface area contributed by atoms with Crippen LogP contribution in [0.4, 0.5) is 5.69 Å². The van der Waals surface area contributed by atoms with Gasteiger partial charge in [-0.15, -0.1) is 0 Å². The maximum Gasteiger partial charge on any atom is 0.312 e. The van der Waals surface area contributed by atoms with Crippen LogP contribution in [0.15, 0.2) is 53.5 Å². The summed E-state index contributed by atoms with van der Waals surface area (Å²) in [7, 11) is 3.68. The van der Waals surface area contributed by atoms with Gasteiger partial charge in [0.15, 0.2) is 0 Å². The molecule has 0 heterocycles. The predicted octanol–water partition coefficient (Wildman–Crippen LogP) is 3.30. The number of benzene rings is 2. The lowest BCUT2D eigenvalue weighted by molar-refractivity contribution is -0.457. The predicted molar refractivity (Wildman–Crippen MR) is 75.8 cm³/mol. The van der Waals surface area contributed by atoms with Crippen molar-refractivity contribution < 1.29 is 4.58 Å². The minimum absolute atomic E-state index is 0.552. The van der Waals surface area contributed by atoms with Gasteiger partial charge in [-0.3, -0.25) is 0 Å². The van der Waals surface area contributed by atoms with Crippen molar-refractivity contribution >= 4 is 11.7 Å². The molecule has 0 aromatic heterocycles. The van der Waals surface area contributed by atoms with Gasteiger partial charge in [-0.1, -0.05) is 30.3 Å². The molecule has 2 aromatic rings. The van der Waals surface area contributed by atoms with Gasteiger partial charge in [-0.05, 0) is 29.3 Å². The van der Waals surface area contributed by atoms with Crippen LogP contribution in [0, 0.1) is 11.3 Å². The highest BCUT2D eigenvalue weighted by Crippen LogP contribution is 2.26. The molecule has 0 fully saturated rings. The largest absolute Gasteiger partial charge is 0.312 e. The van der Waals surface area contributed by atoms with Crippen LogP contribution in [0.1, 0.15) is 5.56 Å². The third kappa shape index (κ3) is 3.16. The first-order chi connectivity index (χ1) is 9.20. The zero-order valence-corrected chi connectivity index (χ0v) is 11.0. The summed E-state index contributed by atoms with van der Waals surface area (Å²) >= 11 is 0. The standard InChI is InChI=1S/C16H14N3/c1-19(2)12-18-16-9-8-14(10-15(16)11-17)13-6-4-3-5-7-13/h3-10H,1-2H3/q+1. The topological polar surface area (TPSA) is 39.2 Å². The molecule has 2 rings (SSSR count). The fourth-order valence-electron chi connectivity index (χ4n) is 1.69. The Balaban J connectivity index is 2.49. The van der Waals surface area contributed by atoms with Crippen molar-refractivity contribution in [3.8, 4) is 17.2 Å². The van der Waals surface area contributed by atoms with E-state index < -0.39 is 0 Å². The molecule has 92 valence electrons. The number of rotatable bonds is 2. The van der Waals surface area contributed by atoms with Gasteiger partial charge in [0.25, 0.3) is 0 Å². The van der Waals surface area contributed by atoms with Crippen LogP contribution in [0.3, 0.4) is 0 Å². The quantitative estimate of drug-likeness (QED) is 0.593. The van der Waals surface area contributed by atoms with E-state index in [9.17, 15) is 5.26 Å². The second-order valence-corrected chi connectivity index (χ2v) is 4.32. The third-order valence-electron chi connectivity index (χ3n) is 2.59. The van der Waals surface area contributed by atoms with E-state index >= 15 is 0 Å². The number of nitriles is 1. The van der Waals surface area contributed by atoms with E-state index in [4.69, 9.17) is 0 Å². The van der Waals surface area contributed by atoms with Crippen molar-refractivity contribution in [2.24, 2.45) is 4.99 Å². The van der Waals surface area contributed by atoms with Gasteiger partial charge in [0.05, 0.1) is 14.1 Å². The first-order valence-corrected chi connectivity index (χ1v) is 5.94. The SMILES string of the molecule is C[N+](C)=C=Nc1ccc(-c2ccccc2)cc1C#N. The van der Waals surface area contributed by atoms with Gasteiger partial charge >= 0.3 is 6.01 Å². The molecule has 0 aliphatic heterocycles. The number of nitrogens with zero attached hydrogens (tertiary/aromatic N) is 3. The van der Waals surface area contributed by atoms with Gasteiger partial charge in [0.1, 0.15) is 11.6 Å². The van der Waals surface area contributed by atoms with Crippen molar-refractivity contribution in [1.29, 1.82) is 5.26 Å². The third-order valence-corrected chi connectivity index (χ3v) is 2.59. The molecular formula is C16H14N3+. The molecule has 0 radical (unpaired) electrons. The molecular weight excluding hydrogens is 234 g/mol. The first-order valence-electron chi connectivity index (χ1n) is 5.94. The van der Waals surface area contributed by atoms with Crippen LogP contribution in [-0.2, 0) is 0 Å². The van der Waals surface area contributed by atoms with Crippen LogP contribution >= 0.6 is 0 Å². The Morgan fingerprint density at radius 3 is 2.37 bits per heavy atom. The molecule has 0 amide bonds. The van der Waals surface area contributed by atoms with E-state index in [2.05, 4.69) is 17.1 Å². The molecule has 0 unspecified atom stereocenters. The molecule has 0 bridgehead atoms. The van der Waals surface area contributed by atoms with E-state index in [0.29, 0.717) is 11.3 Å². The summed E-state index contributed by atoms with van der Waals surface area (Å²) in [5, 5.41) is 9.20. The number of hydrogen-bond donors (Lipinski definition) is 0. The molecule has 0 aliphatic rings. The van der Waals surface area contributed by atoms with Crippen molar-refractivity contribution in [3.05, 3.63) is 54.1 Å². The molecule has 0 N–H and O–H groups in total. The Hall–Kier alpha value is -2.69. The summed E-state index contributed by atoms with van der Waals surface area (Å²) in [5.74, 6) is 0. The molecule has 0 atom stereocenters. The smallest absolute Gasteiger partial charge is 0.225 e. The first kappa shape index (κ1) is 12.8. The summed E-state index contributed by atoms with van der Waals surface area (Å²) in [4.78, 5) is 4.16. The molecule has 3 nitrogen and oxygen atoms in total. The average Bonchev–Trinajstić information content (AvgIpc) is 2.45. The maximum absolute atomic E-state index is 9.20. The van der Waals surface area contributed by atoms with Gasteiger partial charge in [0, 0.05) is 4.99 Å². The van der Waals surface area contributed by atoms with Crippen molar-refractivity contribution in [3.63, 3.8) is 0 Å². The van der Waals surface area contributed by atoms with Crippen LogP contribution in [-0.4, -0.2) is 24.7 Å². The van der Waals surface area contributed by atoms with Crippen molar-refractivity contribution in [1.82, 2.24) is 0 Å². The molecule has 0 saturated carbocycles.